The molecule has 1 aromatic carbocycles. The summed E-state index contributed by atoms with van der Waals surface area (Å²) in [4.78, 5) is 2.44. The Labute approximate surface area is 104 Å². The van der Waals surface area contributed by atoms with E-state index in [0.717, 1.165) is 19.5 Å². The third-order valence-corrected chi connectivity index (χ3v) is 3.79. The highest BCUT2D eigenvalue weighted by Gasteiger charge is 2.32. The minimum atomic E-state index is -0.0533. The Hall–Kier alpha value is -0.900. The van der Waals surface area contributed by atoms with Crippen LogP contribution in [-0.4, -0.2) is 37.2 Å². The van der Waals surface area contributed by atoms with Gasteiger partial charge in [0.1, 0.15) is 0 Å². The van der Waals surface area contributed by atoms with E-state index in [4.69, 9.17) is 10.5 Å². The first-order valence-corrected chi connectivity index (χ1v) is 6.20. The van der Waals surface area contributed by atoms with Gasteiger partial charge in [0, 0.05) is 26.7 Å². The zero-order valence-corrected chi connectivity index (χ0v) is 10.8. The van der Waals surface area contributed by atoms with Crippen molar-refractivity contribution in [3.05, 3.63) is 35.4 Å². The SMILES string of the molecule is COCC(C)(CN)N1CCc2ccccc2C1. The third kappa shape index (κ3) is 2.51. The second-order valence-corrected chi connectivity index (χ2v) is 5.07. The zero-order chi connectivity index (χ0) is 12.3. The molecule has 17 heavy (non-hydrogen) atoms. The molecule has 0 saturated carbocycles. The quantitative estimate of drug-likeness (QED) is 0.856. The van der Waals surface area contributed by atoms with Gasteiger partial charge in [-0.05, 0) is 24.5 Å². The average molecular weight is 234 g/mol. The lowest BCUT2D eigenvalue weighted by atomic mass is 9.93. The fourth-order valence-corrected chi connectivity index (χ4v) is 2.55. The van der Waals surface area contributed by atoms with Crippen LogP contribution in [0.2, 0.25) is 0 Å². The molecule has 94 valence electrons. The topological polar surface area (TPSA) is 38.5 Å². The number of ether oxygens (including phenoxy) is 1. The highest BCUT2D eigenvalue weighted by Crippen LogP contribution is 2.25. The summed E-state index contributed by atoms with van der Waals surface area (Å²) < 4.78 is 5.32. The Morgan fingerprint density at radius 1 is 1.35 bits per heavy atom. The second-order valence-electron chi connectivity index (χ2n) is 5.07. The van der Waals surface area contributed by atoms with Crippen molar-refractivity contribution in [1.82, 2.24) is 4.90 Å². The van der Waals surface area contributed by atoms with Crippen LogP contribution in [0.1, 0.15) is 18.1 Å². The molecule has 3 heteroatoms. The van der Waals surface area contributed by atoms with Gasteiger partial charge in [0.25, 0.3) is 0 Å². The number of nitrogens with zero attached hydrogens (tertiary/aromatic N) is 1. The summed E-state index contributed by atoms with van der Waals surface area (Å²) in [6.07, 6.45) is 1.11. The lowest BCUT2D eigenvalue weighted by molar-refractivity contribution is 0.0183. The molecule has 2 rings (SSSR count). The zero-order valence-electron chi connectivity index (χ0n) is 10.8. The monoisotopic (exact) mass is 234 g/mol. The van der Waals surface area contributed by atoms with Crippen molar-refractivity contribution >= 4 is 0 Å². The number of fused-ring (bicyclic) bond motifs is 1. The van der Waals surface area contributed by atoms with Crippen molar-refractivity contribution in [1.29, 1.82) is 0 Å². The highest BCUT2D eigenvalue weighted by molar-refractivity contribution is 5.29. The lowest BCUT2D eigenvalue weighted by Gasteiger charge is -2.42. The van der Waals surface area contributed by atoms with Crippen molar-refractivity contribution < 1.29 is 4.74 Å². The molecule has 0 fully saturated rings. The fraction of sp³-hybridized carbons (Fsp3) is 0.571. The van der Waals surface area contributed by atoms with E-state index in [-0.39, 0.29) is 5.54 Å². The Bertz CT molecular complexity index is 380. The van der Waals surface area contributed by atoms with E-state index in [9.17, 15) is 0 Å². The average Bonchev–Trinajstić information content (AvgIpc) is 2.38. The molecule has 1 aromatic rings. The number of nitrogens with two attached hydrogens (primary N) is 1. The molecule has 0 bridgehead atoms. The largest absolute Gasteiger partial charge is 0.383 e. The molecular formula is C14H22N2O. The molecule has 0 aliphatic carbocycles. The van der Waals surface area contributed by atoms with Crippen LogP contribution in [0, 0.1) is 0 Å². The van der Waals surface area contributed by atoms with Crippen LogP contribution >= 0.6 is 0 Å². The maximum absolute atomic E-state index is 5.92. The minimum Gasteiger partial charge on any atom is -0.383 e. The molecule has 1 unspecified atom stereocenters. The summed E-state index contributed by atoms with van der Waals surface area (Å²) in [7, 11) is 1.74. The van der Waals surface area contributed by atoms with Crippen molar-refractivity contribution in [3.63, 3.8) is 0 Å². The summed E-state index contributed by atoms with van der Waals surface area (Å²) in [5, 5.41) is 0. The fourth-order valence-electron chi connectivity index (χ4n) is 2.55. The van der Waals surface area contributed by atoms with Crippen LogP contribution in [0.25, 0.3) is 0 Å². The van der Waals surface area contributed by atoms with Gasteiger partial charge >= 0.3 is 0 Å². The van der Waals surface area contributed by atoms with Gasteiger partial charge in [-0.3, -0.25) is 4.90 Å². The smallest absolute Gasteiger partial charge is 0.0656 e. The first-order valence-electron chi connectivity index (χ1n) is 6.20. The molecule has 0 aromatic heterocycles. The number of hydrogen-bond acceptors (Lipinski definition) is 3. The summed E-state index contributed by atoms with van der Waals surface area (Å²) in [5.74, 6) is 0. The van der Waals surface area contributed by atoms with Crippen LogP contribution < -0.4 is 5.73 Å². The normalized spacial score (nSPS) is 19.7. The van der Waals surface area contributed by atoms with E-state index in [2.05, 4.69) is 36.1 Å². The van der Waals surface area contributed by atoms with Gasteiger partial charge in [-0.15, -0.1) is 0 Å². The van der Waals surface area contributed by atoms with Gasteiger partial charge in [0.15, 0.2) is 0 Å². The molecule has 3 nitrogen and oxygen atoms in total. The first kappa shape index (κ1) is 12.6. The summed E-state index contributed by atoms with van der Waals surface area (Å²) in [6, 6.07) is 8.66. The Morgan fingerprint density at radius 2 is 2.06 bits per heavy atom. The predicted octanol–water partition coefficient (Wildman–Crippen LogP) is 1.41. The maximum Gasteiger partial charge on any atom is 0.0656 e. The highest BCUT2D eigenvalue weighted by atomic mass is 16.5. The van der Waals surface area contributed by atoms with Crippen LogP contribution in [0.3, 0.4) is 0 Å². The maximum atomic E-state index is 5.92. The van der Waals surface area contributed by atoms with Crippen LogP contribution in [0.15, 0.2) is 24.3 Å². The van der Waals surface area contributed by atoms with Gasteiger partial charge in [0.2, 0.25) is 0 Å². The minimum absolute atomic E-state index is 0.0533. The molecule has 2 N–H and O–H groups in total. The van der Waals surface area contributed by atoms with E-state index in [1.807, 2.05) is 0 Å². The van der Waals surface area contributed by atoms with Gasteiger partial charge in [-0.1, -0.05) is 24.3 Å². The lowest BCUT2D eigenvalue weighted by Crippen LogP contribution is -2.56. The van der Waals surface area contributed by atoms with E-state index in [0.29, 0.717) is 13.2 Å². The molecule has 1 aliphatic heterocycles. The molecule has 1 atom stereocenters. The molecule has 0 saturated heterocycles. The molecule has 0 amide bonds. The van der Waals surface area contributed by atoms with E-state index in [1.165, 1.54) is 11.1 Å². The molecular weight excluding hydrogens is 212 g/mol. The van der Waals surface area contributed by atoms with Gasteiger partial charge in [-0.2, -0.15) is 0 Å². The second kappa shape index (κ2) is 5.17. The molecule has 0 radical (unpaired) electrons. The van der Waals surface area contributed by atoms with E-state index in [1.54, 1.807) is 7.11 Å². The Kier molecular flexibility index (Phi) is 3.82. The van der Waals surface area contributed by atoms with Crippen molar-refractivity contribution in [2.75, 3.05) is 26.8 Å². The first-order chi connectivity index (χ1) is 8.19. The summed E-state index contributed by atoms with van der Waals surface area (Å²) in [6.45, 7) is 5.54. The van der Waals surface area contributed by atoms with E-state index >= 15 is 0 Å². The van der Waals surface area contributed by atoms with E-state index < -0.39 is 0 Å². The van der Waals surface area contributed by atoms with Gasteiger partial charge in [0.05, 0.1) is 12.1 Å². The summed E-state index contributed by atoms with van der Waals surface area (Å²) in [5.41, 5.74) is 8.77. The summed E-state index contributed by atoms with van der Waals surface area (Å²) >= 11 is 0. The van der Waals surface area contributed by atoms with Crippen LogP contribution in [0.4, 0.5) is 0 Å². The van der Waals surface area contributed by atoms with Crippen molar-refractivity contribution in [2.45, 2.75) is 25.4 Å². The van der Waals surface area contributed by atoms with Crippen molar-refractivity contribution in [2.24, 2.45) is 5.73 Å². The number of rotatable bonds is 4. The van der Waals surface area contributed by atoms with Gasteiger partial charge < -0.3 is 10.5 Å². The van der Waals surface area contributed by atoms with Crippen LogP contribution in [0.5, 0.6) is 0 Å². The number of methoxy groups -OCH3 is 1. The molecule has 0 spiro atoms. The third-order valence-electron chi connectivity index (χ3n) is 3.79. The standard InChI is InChI=1S/C14H22N2O/c1-14(10-15,11-17-2)16-8-7-12-5-3-4-6-13(12)9-16/h3-6H,7-11,15H2,1-2H3. The molecule has 1 aliphatic rings. The number of hydrogen-bond donors (Lipinski definition) is 1. The predicted molar refractivity (Wildman–Crippen MR) is 69.9 cm³/mol. The van der Waals surface area contributed by atoms with Crippen LogP contribution in [-0.2, 0) is 17.7 Å². The number of benzene rings is 1. The van der Waals surface area contributed by atoms with Gasteiger partial charge in [-0.25, -0.2) is 0 Å². The Balaban J connectivity index is 2.16. The molecule has 1 heterocycles. The van der Waals surface area contributed by atoms with Crippen molar-refractivity contribution in [3.8, 4) is 0 Å². The Morgan fingerprint density at radius 3 is 2.71 bits per heavy atom.